The predicted molar refractivity (Wildman–Crippen MR) is 75.1 cm³/mol. The Morgan fingerprint density at radius 2 is 1.60 bits per heavy atom. The molecule has 0 aliphatic heterocycles. The first-order chi connectivity index (χ1) is 9.59. The first kappa shape index (κ1) is 15.7. The Hall–Kier alpha value is -2.37. The number of amides is 3. The van der Waals surface area contributed by atoms with Crippen LogP contribution in [-0.4, -0.2) is 37.4 Å². The minimum Gasteiger partial charge on any atom is -0.356 e. The van der Waals surface area contributed by atoms with Crippen LogP contribution in [0.1, 0.15) is 23.7 Å². The summed E-state index contributed by atoms with van der Waals surface area (Å²) in [6, 6.07) is 8.70. The first-order valence-electron chi connectivity index (χ1n) is 6.44. The summed E-state index contributed by atoms with van der Waals surface area (Å²) in [7, 11) is 0. The fourth-order valence-corrected chi connectivity index (χ4v) is 1.50. The van der Waals surface area contributed by atoms with E-state index < -0.39 is 0 Å². The molecule has 0 aliphatic carbocycles. The molecule has 0 atom stereocenters. The molecule has 6 heteroatoms. The Morgan fingerprint density at radius 1 is 0.950 bits per heavy atom. The van der Waals surface area contributed by atoms with Crippen LogP contribution in [0.4, 0.5) is 0 Å². The van der Waals surface area contributed by atoms with E-state index in [1.807, 2.05) is 6.07 Å². The van der Waals surface area contributed by atoms with Crippen molar-refractivity contribution in [2.75, 3.05) is 19.6 Å². The van der Waals surface area contributed by atoms with E-state index in [1.165, 1.54) is 6.92 Å². The van der Waals surface area contributed by atoms with Crippen molar-refractivity contribution in [3.63, 3.8) is 0 Å². The van der Waals surface area contributed by atoms with Gasteiger partial charge < -0.3 is 16.0 Å². The minimum absolute atomic E-state index is 0.0616. The third-order valence-corrected chi connectivity index (χ3v) is 2.50. The Kier molecular flexibility index (Phi) is 6.81. The smallest absolute Gasteiger partial charge is 0.251 e. The molecule has 0 spiro atoms. The second-order valence-electron chi connectivity index (χ2n) is 4.24. The zero-order valence-electron chi connectivity index (χ0n) is 11.4. The molecule has 20 heavy (non-hydrogen) atoms. The largest absolute Gasteiger partial charge is 0.356 e. The fraction of sp³-hybridized carbons (Fsp3) is 0.357. The average molecular weight is 277 g/mol. The van der Waals surface area contributed by atoms with Gasteiger partial charge in [0.1, 0.15) is 0 Å². The Labute approximate surface area is 117 Å². The maximum Gasteiger partial charge on any atom is 0.251 e. The van der Waals surface area contributed by atoms with Crippen LogP contribution in [0.5, 0.6) is 0 Å². The summed E-state index contributed by atoms with van der Waals surface area (Å²) in [5.41, 5.74) is 0.519. The quantitative estimate of drug-likeness (QED) is 0.616. The number of benzene rings is 1. The van der Waals surface area contributed by atoms with E-state index >= 15 is 0 Å². The third kappa shape index (κ3) is 6.53. The van der Waals surface area contributed by atoms with E-state index in [0.717, 1.165) is 0 Å². The number of hydrogen-bond acceptors (Lipinski definition) is 3. The number of carbonyl (C=O) groups excluding carboxylic acids is 3. The van der Waals surface area contributed by atoms with Crippen molar-refractivity contribution in [1.82, 2.24) is 16.0 Å². The van der Waals surface area contributed by atoms with Gasteiger partial charge in [-0.25, -0.2) is 0 Å². The zero-order chi connectivity index (χ0) is 14.8. The van der Waals surface area contributed by atoms with Crippen molar-refractivity contribution in [3.8, 4) is 0 Å². The summed E-state index contributed by atoms with van der Waals surface area (Å²) in [6.07, 6.45) is 0.651. The molecule has 0 aromatic heterocycles. The lowest BCUT2D eigenvalue weighted by Crippen LogP contribution is -2.38. The summed E-state index contributed by atoms with van der Waals surface area (Å²) in [6.45, 7) is 2.36. The Balaban J connectivity index is 2.14. The molecule has 0 saturated carbocycles. The van der Waals surface area contributed by atoms with Gasteiger partial charge in [0.15, 0.2) is 0 Å². The molecule has 1 rings (SSSR count). The number of hydrogen-bond donors (Lipinski definition) is 3. The van der Waals surface area contributed by atoms with Crippen LogP contribution in [0.3, 0.4) is 0 Å². The topological polar surface area (TPSA) is 87.3 Å². The monoisotopic (exact) mass is 277 g/mol. The normalized spacial score (nSPS) is 9.65. The molecular formula is C14H19N3O3. The van der Waals surface area contributed by atoms with E-state index in [9.17, 15) is 14.4 Å². The average Bonchev–Trinajstić information content (AvgIpc) is 2.45. The van der Waals surface area contributed by atoms with Gasteiger partial charge in [0.25, 0.3) is 5.91 Å². The molecule has 3 N–H and O–H groups in total. The van der Waals surface area contributed by atoms with Crippen molar-refractivity contribution in [1.29, 1.82) is 0 Å². The van der Waals surface area contributed by atoms with E-state index in [1.54, 1.807) is 24.3 Å². The van der Waals surface area contributed by atoms with E-state index in [-0.39, 0.29) is 24.3 Å². The minimum atomic E-state index is -0.279. The highest BCUT2D eigenvalue weighted by Crippen LogP contribution is 1.97. The highest BCUT2D eigenvalue weighted by Gasteiger charge is 2.06. The molecule has 0 heterocycles. The van der Waals surface area contributed by atoms with E-state index in [2.05, 4.69) is 16.0 Å². The lowest BCUT2D eigenvalue weighted by atomic mass is 10.2. The van der Waals surface area contributed by atoms with E-state index in [4.69, 9.17) is 0 Å². The van der Waals surface area contributed by atoms with Gasteiger partial charge in [0.05, 0.1) is 6.54 Å². The molecule has 3 amide bonds. The molecule has 0 aliphatic rings. The molecular weight excluding hydrogens is 258 g/mol. The maximum atomic E-state index is 11.7. The van der Waals surface area contributed by atoms with E-state index in [0.29, 0.717) is 25.1 Å². The molecule has 0 bridgehead atoms. The van der Waals surface area contributed by atoms with Gasteiger partial charge in [-0.05, 0) is 18.6 Å². The lowest BCUT2D eigenvalue weighted by molar-refractivity contribution is -0.120. The predicted octanol–water partition coefficient (Wildman–Crippen LogP) is 0.0588. The highest BCUT2D eigenvalue weighted by molar-refractivity contribution is 5.96. The molecule has 1 aromatic carbocycles. The van der Waals surface area contributed by atoms with Crippen molar-refractivity contribution in [2.24, 2.45) is 0 Å². The van der Waals surface area contributed by atoms with Crippen LogP contribution < -0.4 is 16.0 Å². The molecule has 0 radical (unpaired) electrons. The van der Waals surface area contributed by atoms with Crippen LogP contribution in [-0.2, 0) is 9.59 Å². The Bertz CT molecular complexity index is 460. The van der Waals surface area contributed by atoms with Crippen molar-refractivity contribution >= 4 is 17.7 Å². The molecule has 1 aromatic rings. The van der Waals surface area contributed by atoms with Crippen LogP contribution in [0.25, 0.3) is 0 Å². The van der Waals surface area contributed by atoms with Crippen LogP contribution in [0, 0.1) is 0 Å². The van der Waals surface area contributed by atoms with Gasteiger partial charge >= 0.3 is 0 Å². The second-order valence-corrected chi connectivity index (χ2v) is 4.24. The van der Waals surface area contributed by atoms with Gasteiger partial charge in [0, 0.05) is 25.6 Å². The summed E-state index contributed by atoms with van der Waals surface area (Å²) in [5.74, 6) is -0.623. The van der Waals surface area contributed by atoms with Crippen LogP contribution in [0.2, 0.25) is 0 Å². The summed E-state index contributed by atoms with van der Waals surface area (Å²) < 4.78 is 0. The molecule has 6 nitrogen and oxygen atoms in total. The SMILES string of the molecule is CC(=O)NCCCNC(=O)CNC(=O)c1ccccc1. The number of nitrogens with one attached hydrogen (secondary N) is 3. The van der Waals surface area contributed by atoms with Crippen molar-refractivity contribution in [3.05, 3.63) is 35.9 Å². The molecule has 0 saturated heterocycles. The van der Waals surface area contributed by atoms with Crippen LogP contribution >= 0.6 is 0 Å². The Morgan fingerprint density at radius 3 is 2.25 bits per heavy atom. The second kappa shape index (κ2) is 8.68. The summed E-state index contributed by atoms with van der Waals surface area (Å²) >= 11 is 0. The maximum absolute atomic E-state index is 11.7. The van der Waals surface area contributed by atoms with Gasteiger partial charge in [-0.15, -0.1) is 0 Å². The van der Waals surface area contributed by atoms with Crippen molar-refractivity contribution in [2.45, 2.75) is 13.3 Å². The molecule has 0 unspecified atom stereocenters. The lowest BCUT2D eigenvalue weighted by Gasteiger charge is -2.07. The summed E-state index contributed by atoms with van der Waals surface area (Å²) in [5, 5.41) is 7.83. The summed E-state index contributed by atoms with van der Waals surface area (Å²) in [4.78, 5) is 33.7. The highest BCUT2D eigenvalue weighted by atomic mass is 16.2. The molecule has 0 fully saturated rings. The van der Waals surface area contributed by atoms with Gasteiger partial charge in [-0.2, -0.15) is 0 Å². The number of rotatable bonds is 7. The van der Waals surface area contributed by atoms with Gasteiger partial charge in [-0.1, -0.05) is 18.2 Å². The van der Waals surface area contributed by atoms with Gasteiger partial charge in [-0.3, -0.25) is 14.4 Å². The fourth-order valence-electron chi connectivity index (χ4n) is 1.50. The van der Waals surface area contributed by atoms with Crippen LogP contribution in [0.15, 0.2) is 30.3 Å². The van der Waals surface area contributed by atoms with Crippen molar-refractivity contribution < 1.29 is 14.4 Å². The first-order valence-corrected chi connectivity index (χ1v) is 6.44. The standard InChI is InChI=1S/C14H19N3O3/c1-11(18)15-8-5-9-16-13(19)10-17-14(20)12-6-3-2-4-7-12/h2-4,6-7H,5,8-10H2,1H3,(H,15,18)(H,16,19)(H,17,20). The number of carbonyl (C=O) groups is 3. The van der Waals surface area contributed by atoms with Gasteiger partial charge in [0.2, 0.25) is 11.8 Å². The third-order valence-electron chi connectivity index (χ3n) is 2.50. The molecule has 108 valence electrons. The zero-order valence-corrected chi connectivity index (χ0v) is 11.4.